The van der Waals surface area contributed by atoms with E-state index in [2.05, 4.69) is 5.32 Å². The second-order valence-corrected chi connectivity index (χ2v) is 2.97. The van der Waals surface area contributed by atoms with Gasteiger partial charge >= 0.3 is 6.03 Å². The minimum atomic E-state index is -0.532. The lowest BCUT2D eigenvalue weighted by molar-refractivity contribution is 0.248. The molecule has 0 atom stereocenters. The summed E-state index contributed by atoms with van der Waals surface area (Å²) in [6.45, 7) is 0.395. The lowest BCUT2D eigenvalue weighted by Crippen LogP contribution is -2.28. The SMILES string of the molecule is NC(=O)NCc1coc2ccccc12. The standard InChI is InChI=1S/C10H10N2O2/c11-10(13)12-5-7-6-14-9-4-2-1-3-8(7)9/h1-4,6H,5H2,(H3,11,12,13). The Morgan fingerprint density at radius 3 is 3.00 bits per heavy atom. The molecule has 0 radical (unpaired) electrons. The summed E-state index contributed by atoms with van der Waals surface area (Å²) >= 11 is 0. The van der Waals surface area contributed by atoms with E-state index in [1.54, 1.807) is 6.26 Å². The van der Waals surface area contributed by atoms with E-state index in [1.165, 1.54) is 0 Å². The Labute approximate surface area is 80.7 Å². The molecular formula is C10H10N2O2. The first-order chi connectivity index (χ1) is 6.77. The van der Waals surface area contributed by atoms with Crippen molar-refractivity contribution in [3.63, 3.8) is 0 Å². The fourth-order valence-electron chi connectivity index (χ4n) is 1.35. The van der Waals surface area contributed by atoms with E-state index in [4.69, 9.17) is 10.2 Å². The van der Waals surface area contributed by atoms with Crippen molar-refractivity contribution in [1.29, 1.82) is 0 Å². The number of urea groups is 1. The van der Waals surface area contributed by atoms with Crippen LogP contribution in [0.15, 0.2) is 34.9 Å². The number of para-hydroxylation sites is 1. The van der Waals surface area contributed by atoms with Crippen molar-refractivity contribution >= 4 is 17.0 Å². The molecule has 1 heterocycles. The Hall–Kier alpha value is -1.97. The molecule has 2 amide bonds. The Morgan fingerprint density at radius 2 is 2.21 bits per heavy atom. The number of carbonyl (C=O) groups excluding carboxylic acids is 1. The average molecular weight is 190 g/mol. The van der Waals surface area contributed by atoms with Gasteiger partial charge in [0.05, 0.1) is 6.26 Å². The number of hydrogen-bond donors (Lipinski definition) is 2. The van der Waals surface area contributed by atoms with Gasteiger partial charge in [-0.25, -0.2) is 4.79 Å². The molecule has 1 aromatic carbocycles. The van der Waals surface area contributed by atoms with Crippen LogP contribution in [0, 0.1) is 0 Å². The van der Waals surface area contributed by atoms with Gasteiger partial charge in [-0.15, -0.1) is 0 Å². The van der Waals surface area contributed by atoms with Gasteiger partial charge in [-0.05, 0) is 6.07 Å². The number of nitrogens with one attached hydrogen (secondary N) is 1. The third-order valence-electron chi connectivity index (χ3n) is 2.01. The molecule has 2 rings (SSSR count). The van der Waals surface area contributed by atoms with Crippen LogP contribution in [0.3, 0.4) is 0 Å². The Kier molecular flexibility index (Phi) is 2.10. The Morgan fingerprint density at radius 1 is 1.43 bits per heavy atom. The first-order valence-electron chi connectivity index (χ1n) is 4.26. The van der Waals surface area contributed by atoms with E-state index < -0.39 is 6.03 Å². The largest absolute Gasteiger partial charge is 0.464 e. The van der Waals surface area contributed by atoms with Crippen LogP contribution in [0.5, 0.6) is 0 Å². The number of rotatable bonds is 2. The number of nitrogens with two attached hydrogens (primary N) is 1. The van der Waals surface area contributed by atoms with Gasteiger partial charge in [-0.2, -0.15) is 0 Å². The minimum Gasteiger partial charge on any atom is -0.464 e. The smallest absolute Gasteiger partial charge is 0.312 e. The van der Waals surface area contributed by atoms with E-state index in [1.807, 2.05) is 24.3 Å². The third-order valence-corrected chi connectivity index (χ3v) is 2.01. The summed E-state index contributed by atoms with van der Waals surface area (Å²) in [5.74, 6) is 0. The summed E-state index contributed by atoms with van der Waals surface area (Å²) in [5.41, 5.74) is 6.72. The highest BCUT2D eigenvalue weighted by Crippen LogP contribution is 2.20. The highest BCUT2D eigenvalue weighted by Gasteiger charge is 2.04. The zero-order valence-electron chi connectivity index (χ0n) is 7.49. The van der Waals surface area contributed by atoms with Crippen LogP contribution in [-0.4, -0.2) is 6.03 Å². The van der Waals surface area contributed by atoms with Crippen molar-refractivity contribution in [3.8, 4) is 0 Å². The molecule has 4 nitrogen and oxygen atoms in total. The van der Waals surface area contributed by atoms with E-state index in [0.717, 1.165) is 16.5 Å². The van der Waals surface area contributed by atoms with Gasteiger partial charge in [0.25, 0.3) is 0 Å². The number of amides is 2. The second-order valence-electron chi connectivity index (χ2n) is 2.97. The van der Waals surface area contributed by atoms with E-state index in [-0.39, 0.29) is 0 Å². The molecule has 0 fully saturated rings. The zero-order valence-corrected chi connectivity index (χ0v) is 7.49. The van der Waals surface area contributed by atoms with Crippen molar-refractivity contribution in [2.45, 2.75) is 6.54 Å². The lowest BCUT2D eigenvalue weighted by atomic mass is 10.2. The summed E-state index contributed by atoms with van der Waals surface area (Å²) in [5, 5.41) is 3.52. The van der Waals surface area contributed by atoms with Crippen molar-refractivity contribution < 1.29 is 9.21 Å². The maximum Gasteiger partial charge on any atom is 0.312 e. The summed E-state index contributed by atoms with van der Waals surface area (Å²) in [7, 11) is 0. The van der Waals surface area contributed by atoms with Crippen molar-refractivity contribution in [2.75, 3.05) is 0 Å². The number of carbonyl (C=O) groups is 1. The number of fused-ring (bicyclic) bond motifs is 1. The van der Waals surface area contributed by atoms with Crippen LogP contribution in [0.25, 0.3) is 11.0 Å². The molecule has 0 unspecified atom stereocenters. The fourth-order valence-corrected chi connectivity index (χ4v) is 1.35. The molecule has 0 bridgehead atoms. The van der Waals surface area contributed by atoms with Crippen molar-refractivity contribution in [3.05, 3.63) is 36.1 Å². The van der Waals surface area contributed by atoms with Crippen LogP contribution in [-0.2, 0) is 6.54 Å². The maximum atomic E-state index is 10.5. The fraction of sp³-hybridized carbons (Fsp3) is 0.100. The molecule has 14 heavy (non-hydrogen) atoms. The minimum absolute atomic E-state index is 0.395. The maximum absolute atomic E-state index is 10.5. The van der Waals surface area contributed by atoms with Gasteiger partial charge in [-0.1, -0.05) is 18.2 Å². The van der Waals surface area contributed by atoms with Gasteiger partial charge < -0.3 is 15.5 Å². The number of benzene rings is 1. The highest BCUT2D eigenvalue weighted by molar-refractivity contribution is 5.81. The quantitative estimate of drug-likeness (QED) is 0.755. The molecule has 3 N–H and O–H groups in total. The van der Waals surface area contributed by atoms with Crippen LogP contribution < -0.4 is 11.1 Å². The molecule has 1 aromatic heterocycles. The first kappa shape index (κ1) is 8.62. The van der Waals surface area contributed by atoms with Crippen molar-refractivity contribution in [1.82, 2.24) is 5.32 Å². The molecule has 2 aromatic rings. The molecule has 0 aliphatic rings. The molecule has 0 spiro atoms. The summed E-state index contributed by atoms with van der Waals surface area (Å²) < 4.78 is 5.29. The van der Waals surface area contributed by atoms with Crippen LogP contribution >= 0.6 is 0 Å². The molecule has 4 heteroatoms. The average Bonchev–Trinajstić information content (AvgIpc) is 2.58. The monoisotopic (exact) mass is 190 g/mol. The number of hydrogen-bond acceptors (Lipinski definition) is 2. The first-order valence-corrected chi connectivity index (χ1v) is 4.26. The summed E-state index contributed by atoms with van der Waals surface area (Å²) in [4.78, 5) is 10.5. The van der Waals surface area contributed by atoms with Crippen molar-refractivity contribution in [2.24, 2.45) is 5.73 Å². The zero-order chi connectivity index (χ0) is 9.97. The second kappa shape index (κ2) is 3.41. The van der Waals surface area contributed by atoms with Crippen LogP contribution in [0.4, 0.5) is 4.79 Å². The normalized spacial score (nSPS) is 10.3. The highest BCUT2D eigenvalue weighted by atomic mass is 16.3. The lowest BCUT2D eigenvalue weighted by Gasteiger charge is -1.98. The van der Waals surface area contributed by atoms with E-state index in [9.17, 15) is 4.79 Å². The van der Waals surface area contributed by atoms with Crippen LogP contribution in [0.1, 0.15) is 5.56 Å². The third kappa shape index (κ3) is 1.54. The topological polar surface area (TPSA) is 68.3 Å². The number of primary amides is 1. The molecule has 0 aliphatic heterocycles. The predicted octanol–water partition coefficient (Wildman–Crippen LogP) is 1.60. The number of furan rings is 1. The Balaban J connectivity index is 2.29. The van der Waals surface area contributed by atoms with Gasteiger partial charge in [0, 0.05) is 17.5 Å². The van der Waals surface area contributed by atoms with Gasteiger partial charge in [-0.3, -0.25) is 0 Å². The molecule has 72 valence electrons. The molecule has 0 aliphatic carbocycles. The van der Waals surface area contributed by atoms with E-state index >= 15 is 0 Å². The predicted molar refractivity (Wildman–Crippen MR) is 52.6 cm³/mol. The van der Waals surface area contributed by atoms with Gasteiger partial charge in [0.15, 0.2) is 0 Å². The van der Waals surface area contributed by atoms with Gasteiger partial charge in [0.2, 0.25) is 0 Å². The van der Waals surface area contributed by atoms with Gasteiger partial charge in [0.1, 0.15) is 5.58 Å². The molecular weight excluding hydrogens is 180 g/mol. The molecule has 0 saturated heterocycles. The van der Waals surface area contributed by atoms with Crippen LogP contribution in [0.2, 0.25) is 0 Å². The Bertz CT molecular complexity index is 462. The summed E-state index contributed by atoms with van der Waals surface area (Å²) in [6, 6.07) is 7.11. The summed E-state index contributed by atoms with van der Waals surface area (Å²) in [6.07, 6.45) is 1.63. The molecule has 0 saturated carbocycles. The van der Waals surface area contributed by atoms with E-state index in [0.29, 0.717) is 6.54 Å².